The zero-order valence-corrected chi connectivity index (χ0v) is 8.21. The Morgan fingerprint density at radius 1 is 1.29 bits per heavy atom. The van der Waals surface area contributed by atoms with E-state index in [9.17, 15) is 4.79 Å². The van der Waals surface area contributed by atoms with Gasteiger partial charge in [-0.05, 0) is 0 Å². The lowest BCUT2D eigenvalue weighted by molar-refractivity contribution is 0.678. The number of hydrogen-bond acceptors (Lipinski definition) is 2. The van der Waals surface area contributed by atoms with Gasteiger partial charge in [-0.15, -0.1) is 0 Å². The van der Waals surface area contributed by atoms with E-state index in [0.717, 1.165) is 5.69 Å². The van der Waals surface area contributed by atoms with Crippen molar-refractivity contribution in [3.63, 3.8) is 0 Å². The van der Waals surface area contributed by atoms with Gasteiger partial charge in [0, 0.05) is 32.7 Å². The summed E-state index contributed by atoms with van der Waals surface area (Å²) in [6, 6.07) is 0. The molecule has 5 heteroatoms. The Morgan fingerprint density at radius 3 is 2.57 bits per heavy atom. The summed E-state index contributed by atoms with van der Waals surface area (Å²) in [7, 11) is 3.65. The van der Waals surface area contributed by atoms with Crippen molar-refractivity contribution in [1.29, 1.82) is 0 Å². The molecule has 0 saturated heterocycles. The molecule has 0 bridgehead atoms. The van der Waals surface area contributed by atoms with E-state index in [0.29, 0.717) is 6.54 Å². The number of imidazole rings is 2. The number of rotatable bonds is 2. The smallest absolute Gasteiger partial charge is 0.328 e. The van der Waals surface area contributed by atoms with Crippen molar-refractivity contribution in [2.45, 2.75) is 6.54 Å². The van der Waals surface area contributed by atoms with Crippen LogP contribution in [0.1, 0.15) is 5.69 Å². The maximum Gasteiger partial charge on any atom is 0.328 e. The standard InChI is InChI=1S/C9H12N4O/c1-11-3-4-13(9(11)14)6-8-5-10-7-12(8)2/h3-5,7H,6H2,1-2H3. The predicted octanol–water partition coefficient (Wildman–Crippen LogP) is -0.0314. The normalized spacial score (nSPS) is 10.7. The highest BCUT2D eigenvalue weighted by Gasteiger charge is 2.03. The highest BCUT2D eigenvalue weighted by atomic mass is 16.1. The predicted molar refractivity (Wildman–Crippen MR) is 52.0 cm³/mol. The summed E-state index contributed by atoms with van der Waals surface area (Å²) in [6.07, 6.45) is 7.01. The molecule has 2 heterocycles. The second kappa shape index (κ2) is 3.17. The van der Waals surface area contributed by atoms with Gasteiger partial charge in [-0.1, -0.05) is 0 Å². The van der Waals surface area contributed by atoms with Crippen molar-refractivity contribution < 1.29 is 0 Å². The van der Waals surface area contributed by atoms with E-state index in [1.807, 2.05) is 11.6 Å². The van der Waals surface area contributed by atoms with Crippen molar-refractivity contribution >= 4 is 0 Å². The molecule has 0 aliphatic rings. The topological polar surface area (TPSA) is 44.8 Å². The van der Waals surface area contributed by atoms with E-state index in [4.69, 9.17) is 0 Å². The Bertz CT molecular complexity index is 491. The van der Waals surface area contributed by atoms with Crippen molar-refractivity contribution in [3.05, 3.63) is 41.1 Å². The monoisotopic (exact) mass is 192 g/mol. The minimum absolute atomic E-state index is 0.00815. The summed E-state index contributed by atoms with van der Waals surface area (Å²) in [5.41, 5.74) is 1.00. The first-order valence-corrected chi connectivity index (χ1v) is 4.35. The molecule has 0 atom stereocenters. The fourth-order valence-corrected chi connectivity index (χ4v) is 1.34. The van der Waals surface area contributed by atoms with Crippen LogP contribution in [0.15, 0.2) is 29.7 Å². The molecule has 0 amide bonds. The Kier molecular flexibility index (Phi) is 1.99. The first-order valence-electron chi connectivity index (χ1n) is 4.35. The molecule has 2 rings (SSSR count). The van der Waals surface area contributed by atoms with Crippen LogP contribution < -0.4 is 5.69 Å². The average molecular weight is 192 g/mol. The summed E-state index contributed by atoms with van der Waals surface area (Å²) in [5.74, 6) is 0. The highest BCUT2D eigenvalue weighted by molar-refractivity contribution is 4.99. The zero-order valence-electron chi connectivity index (χ0n) is 8.21. The van der Waals surface area contributed by atoms with Gasteiger partial charge in [0.05, 0.1) is 18.6 Å². The molecule has 0 spiro atoms. The molecule has 2 aromatic rings. The molecule has 0 aliphatic heterocycles. The van der Waals surface area contributed by atoms with Crippen LogP contribution in [0.5, 0.6) is 0 Å². The fourth-order valence-electron chi connectivity index (χ4n) is 1.34. The molecular formula is C9H12N4O. The molecule has 0 radical (unpaired) electrons. The average Bonchev–Trinajstić information content (AvgIpc) is 2.68. The van der Waals surface area contributed by atoms with Gasteiger partial charge in [-0.3, -0.25) is 4.57 Å². The Morgan fingerprint density at radius 2 is 2.07 bits per heavy atom. The summed E-state index contributed by atoms with van der Waals surface area (Å²) in [6.45, 7) is 0.566. The summed E-state index contributed by atoms with van der Waals surface area (Å²) < 4.78 is 5.10. The molecule has 5 nitrogen and oxygen atoms in total. The van der Waals surface area contributed by atoms with Crippen molar-refractivity contribution in [2.24, 2.45) is 14.1 Å². The molecule has 14 heavy (non-hydrogen) atoms. The van der Waals surface area contributed by atoms with Gasteiger partial charge in [0.2, 0.25) is 0 Å². The molecule has 0 fully saturated rings. The van der Waals surface area contributed by atoms with Crippen LogP contribution in [0, 0.1) is 0 Å². The van der Waals surface area contributed by atoms with Crippen molar-refractivity contribution in [3.8, 4) is 0 Å². The van der Waals surface area contributed by atoms with Crippen LogP contribution >= 0.6 is 0 Å². The van der Waals surface area contributed by atoms with E-state index in [1.54, 1.807) is 41.1 Å². The molecule has 0 unspecified atom stereocenters. The van der Waals surface area contributed by atoms with Crippen LogP contribution in [-0.4, -0.2) is 18.7 Å². The number of hydrogen-bond donors (Lipinski definition) is 0. The second-order valence-electron chi connectivity index (χ2n) is 3.32. The summed E-state index contributed by atoms with van der Waals surface area (Å²) in [4.78, 5) is 15.5. The van der Waals surface area contributed by atoms with Crippen LogP contribution in [0.3, 0.4) is 0 Å². The van der Waals surface area contributed by atoms with Gasteiger partial charge >= 0.3 is 5.69 Å². The van der Waals surface area contributed by atoms with Crippen LogP contribution in [0.2, 0.25) is 0 Å². The van der Waals surface area contributed by atoms with Crippen LogP contribution in [0.4, 0.5) is 0 Å². The molecule has 0 aromatic carbocycles. The van der Waals surface area contributed by atoms with Crippen LogP contribution in [0.25, 0.3) is 0 Å². The minimum Gasteiger partial charge on any atom is -0.336 e. The molecule has 0 aliphatic carbocycles. The third-order valence-corrected chi connectivity index (χ3v) is 2.27. The number of nitrogens with zero attached hydrogens (tertiary/aromatic N) is 4. The van der Waals surface area contributed by atoms with E-state index in [-0.39, 0.29) is 5.69 Å². The first-order chi connectivity index (χ1) is 6.68. The highest BCUT2D eigenvalue weighted by Crippen LogP contribution is 1.98. The quantitative estimate of drug-likeness (QED) is 0.670. The molecule has 0 saturated carbocycles. The fraction of sp³-hybridized carbons (Fsp3) is 0.333. The van der Waals surface area contributed by atoms with Gasteiger partial charge < -0.3 is 9.13 Å². The lowest BCUT2D eigenvalue weighted by Crippen LogP contribution is -2.22. The van der Waals surface area contributed by atoms with E-state index >= 15 is 0 Å². The summed E-state index contributed by atoms with van der Waals surface area (Å²) >= 11 is 0. The summed E-state index contributed by atoms with van der Waals surface area (Å²) in [5, 5.41) is 0. The van der Waals surface area contributed by atoms with E-state index in [1.165, 1.54) is 0 Å². The lowest BCUT2D eigenvalue weighted by Gasteiger charge is -2.01. The largest absolute Gasteiger partial charge is 0.336 e. The Hall–Kier alpha value is -1.78. The van der Waals surface area contributed by atoms with Gasteiger partial charge in [0.25, 0.3) is 0 Å². The first kappa shape index (κ1) is 8.80. The molecule has 0 N–H and O–H groups in total. The number of aryl methyl sites for hydroxylation is 2. The zero-order chi connectivity index (χ0) is 10.1. The number of aromatic nitrogens is 4. The molecule has 74 valence electrons. The van der Waals surface area contributed by atoms with Crippen molar-refractivity contribution in [2.75, 3.05) is 0 Å². The van der Waals surface area contributed by atoms with Gasteiger partial charge in [0.15, 0.2) is 0 Å². The van der Waals surface area contributed by atoms with Gasteiger partial charge in [-0.25, -0.2) is 9.78 Å². The molecular weight excluding hydrogens is 180 g/mol. The Labute approximate surface area is 81.2 Å². The second-order valence-corrected chi connectivity index (χ2v) is 3.32. The van der Waals surface area contributed by atoms with Gasteiger partial charge in [-0.2, -0.15) is 0 Å². The maximum absolute atomic E-state index is 11.5. The maximum atomic E-state index is 11.5. The Balaban J connectivity index is 2.32. The van der Waals surface area contributed by atoms with Crippen LogP contribution in [-0.2, 0) is 20.6 Å². The SMILES string of the molecule is Cn1cncc1Cn1ccn(C)c1=O. The lowest BCUT2D eigenvalue weighted by atomic mass is 10.4. The molecule has 2 aromatic heterocycles. The third kappa shape index (κ3) is 1.37. The third-order valence-electron chi connectivity index (χ3n) is 2.27. The van der Waals surface area contributed by atoms with Crippen molar-refractivity contribution in [1.82, 2.24) is 18.7 Å². The van der Waals surface area contributed by atoms with E-state index in [2.05, 4.69) is 4.98 Å². The van der Waals surface area contributed by atoms with E-state index < -0.39 is 0 Å². The minimum atomic E-state index is -0.00815. The van der Waals surface area contributed by atoms with Gasteiger partial charge in [0.1, 0.15) is 0 Å².